The Morgan fingerprint density at radius 1 is 1.13 bits per heavy atom. The third-order valence-corrected chi connectivity index (χ3v) is 7.39. The van der Waals surface area contributed by atoms with Gasteiger partial charge in [-0.1, -0.05) is 12.5 Å². The molecule has 1 atom stereocenters. The minimum Gasteiger partial charge on any atom is -0.444 e. The van der Waals surface area contributed by atoms with Crippen molar-refractivity contribution in [3.8, 4) is 0 Å². The smallest absolute Gasteiger partial charge is 0.291 e. The van der Waals surface area contributed by atoms with Gasteiger partial charge in [-0.2, -0.15) is 4.31 Å². The molecule has 1 unspecified atom stereocenters. The van der Waals surface area contributed by atoms with Crippen molar-refractivity contribution in [1.29, 1.82) is 0 Å². The number of anilines is 1. The van der Waals surface area contributed by atoms with E-state index in [0.717, 1.165) is 24.8 Å². The number of rotatable bonds is 5. The van der Waals surface area contributed by atoms with Crippen LogP contribution in [0.5, 0.6) is 0 Å². The molecule has 0 radical (unpaired) electrons. The Hall–Kier alpha value is -2.49. The molecule has 1 amide bonds. The maximum absolute atomic E-state index is 13.3. The summed E-state index contributed by atoms with van der Waals surface area (Å²) >= 11 is 3.15. The lowest BCUT2D eigenvalue weighted by atomic mass is 9.99. The molecule has 1 N–H and O–H groups in total. The number of nitrogens with one attached hydrogen (secondary N) is 1. The maximum Gasteiger partial charge on any atom is 0.291 e. The topological polar surface area (TPSA) is 92.5 Å². The van der Waals surface area contributed by atoms with E-state index in [2.05, 4.69) is 26.2 Å². The fourth-order valence-electron chi connectivity index (χ4n) is 3.57. The molecule has 7 nitrogen and oxygen atoms in total. The van der Waals surface area contributed by atoms with Gasteiger partial charge >= 0.3 is 0 Å². The molecule has 9 heteroatoms. The lowest BCUT2D eigenvalue weighted by molar-refractivity contribution is 0.0995. The Labute approximate surface area is 183 Å². The van der Waals surface area contributed by atoms with E-state index < -0.39 is 15.9 Å². The van der Waals surface area contributed by atoms with Crippen molar-refractivity contribution in [1.82, 2.24) is 9.29 Å². The van der Waals surface area contributed by atoms with Gasteiger partial charge in [0.05, 0.1) is 10.9 Å². The quantitative estimate of drug-likeness (QED) is 0.564. The highest BCUT2D eigenvalue weighted by Crippen LogP contribution is 2.35. The molecule has 0 saturated carbocycles. The number of halogens is 1. The monoisotopic (exact) mass is 489 g/mol. The number of furan rings is 1. The van der Waals surface area contributed by atoms with Crippen LogP contribution in [0, 0.1) is 0 Å². The minimum atomic E-state index is -3.69. The van der Waals surface area contributed by atoms with Crippen LogP contribution in [0.15, 0.2) is 74.9 Å². The predicted molar refractivity (Wildman–Crippen MR) is 116 cm³/mol. The first-order valence-electron chi connectivity index (χ1n) is 9.54. The summed E-state index contributed by atoms with van der Waals surface area (Å²) in [7, 11) is -3.69. The van der Waals surface area contributed by atoms with Gasteiger partial charge in [0.1, 0.15) is 0 Å². The van der Waals surface area contributed by atoms with Crippen molar-refractivity contribution in [3.63, 3.8) is 0 Å². The van der Waals surface area contributed by atoms with Crippen LogP contribution in [0.2, 0.25) is 0 Å². The summed E-state index contributed by atoms with van der Waals surface area (Å²) < 4.78 is 33.9. The van der Waals surface area contributed by atoms with Crippen molar-refractivity contribution >= 4 is 37.5 Å². The molecule has 0 spiro atoms. The van der Waals surface area contributed by atoms with E-state index in [9.17, 15) is 13.2 Å². The van der Waals surface area contributed by atoms with Crippen molar-refractivity contribution < 1.29 is 17.6 Å². The molecule has 0 aliphatic carbocycles. The van der Waals surface area contributed by atoms with Gasteiger partial charge in [-0.25, -0.2) is 8.42 Å². The van der Waals surface area contributed by atoms with Gasteiger partial charge in [0.15, 0.2) is 10.4 Å². The average Bonchev–Trinajstić information content (AvgIpc) is 3.21. The molecule has 1 saturated heterocycles. The van der Waals surface area contributed by atoms with Gasteiger partial charge in [-0.05, 0) is 76.8 Å². The fraction of sp³-hybridized carbons (Fsp3) is 0.238. The van der Waals surface area contributed by atoms with E-state index in [1.54, 1.807) is 41.0 Å². The number of hydrogen-bond acceptors (Lipinski definition) is 5. The third-order valence-electron chi connectivity index (χ3n) is 5.04. The van der Waals surface area contributed by atoms with Crippen LogP contribution in [-0.2, 0) is 10.0 Å². The highest BCUT2D eigenvalue weighted by molar-refractivity contribution is 9.10. The normalized spacial score (nSPS) is 17.6. The molecular weight excluding hydrogens is 470 g/mol. The molecule has 3 heterocycles. The van der Waals surface area contributed by atoms with E-state index in [1.165, 1.54) is 12.1 Å². The zero-order valence-electron chi connectivity index (χ0n) is 16.0. The number of benzene rings is 1. The van der Waals surface area contributed by atoms with Crippen LogP contribution >= 0.6 is 15.9 Å². The fourth-order valence-corrected chi connectivity index (χ4v) is 5.56. The number of amides is 1. The number of carbonyl (C=O) groups excluding carboxylic acids is 1. The average molecular weight is 490 g/mol. The summed E-state index contributed by atoms with van der Waals surface area (Å²) in [6.45, 7) is 0.466. The van der Waals surface area contributed by atoms with Gasteiger partial charge in [0.2, 0.25) is 10.0 Å². The van der Waals surface area contributed by atoms with Crippen molar-refractivity contribution in [2.75, 3.05) is 11.9 Å². The second-order valence-corrected chi connectivity index (χ2v) is 9.67. The second kappa shape index (κ2) is 8.71. The van der Waals surface area contributed by atoms with Crippen LogP contribution in [0.25, 0.3) is 0 Å². The van der Waals surface area contributed by atoms with E-state index in [-0.39, 0.29) is 16.7 Å². The highest BCUT2D eigenvalue weighted by Gasteiger charge is 2.34. The van der Waals surface area contributed by atoms with Crippen molar-refractivity contribution in [2.45, 2.75) is 30.2 Å². The molecule has 1 fully saturated rings. The second-order valence-electron chi connectivity index (χ2n) is 7.00. The van der Waals surface area contributed by atoms with Crippen molar-refractivity contribution in [3.05, 3.63) is 76.9 Å². The van der Waals surface area contributed by atoms with E-state index in [4.69, 9.17) is 4.42 Å². The van der Waals surface area contributed by atoms with Crippen LogP contribution in [0.1, 0.15) is 41.4 Å². The molecule has 30 heavy (non-hydrogen) atoms. The minimum absolute atomic E-state index is 0.159. The van der Waals surface area contributed by atoms with Crippen LogP contribution < -0.4 is 5.32 Å². The van der Waals surface area contributed by atoms with Crippen LogP contribution in [0.3, 0.4) is 0 Å². The molecule has 2 aromatic heterocycles. The van der Waals surface area contributed by atoms with E-state index in [0.29, 0.717) is 16.9 Å². The SMILES string of the molecule is O=C(Nc1ccc(S(=O)(=O)N2CCCCC2c2cccnc2)cc1)c1ccc(Br)o1. The Morgan fingerprint density at radius 3 is 2.60 bits per heavy atom. The molecule has 1 aliphatic heterocycles. The van der Waals surface area contributed by atoms with Gasteiger partial charge in [0.25, 0.3) is 5.91 Å². The van der Waals surface area contributed by atoms with Crippen molar-refractivity contribution in [2.24, 2.45) is 0 Å². The number of piperidine rings is 1. The number of sulfonamides is 1. The van der Waals surface area contributed by atoms with Crippen LogP contribution in [0.4, 0.5) is 5.69 Å². The third kappa shape index (κ3) is 4.33. The highest BCUT2D eigenvalue weighted by atomic mass is 79.9. The largest absolute Gasteiger partial charge is 0.444 e. The summed E-state index contributed by atoms with van der Waals surface area (Å²) in [6, 6.07) is 12.9. The lowest BCUT2D eigenvalue weighted by Gasteiger charge is -2.34. The number of nitrogens with zero attached hydrogens (tertiary/aromatic N) is 2. The van der Waals surface area contributed by atoms with Gasteiger partial charge in [-0.3, -0.25) is 9.78 Å². The molecular formula is C21H20BrN3O4S. The number of hydrogen-bond donors (Lipinski definition) is 1. The molecule has 1 aliphatic rings. The first-order valence-corrected chi connectivity index (χ1v) is 11.8. The molecule has 1 aromatic carbocycles. The molecule has 3 aromatic rings. The summed E-state index contributed by atoms with van der Waals surface area (Å²) in [5.74, 6) is -0.254. The molecule has 156 valence electrons. The first kappa shape index (κ1) is 20.8. The zero-order chi connectivity index (χ0) is 21.1. The van der Waals surface area contributed by atoms with E-state index in [1.807, 2.05) is 12.1 Å². The Balaban J connectivity index is 1.54. The standard InChI is InChI=1S/C21H20BrN3O4S/c22-20-11-10-19(29-20)21(26)24-16-6-8-17(9-7-16)30(27,28)25-13-2-1-5-18(25)15-4-3-12-23-14-15/h3-4,6-12,14,18H,1-2,5,13H2,(H,24,26). The maximum atomic E-state index is 13.3. The Morgan fingerprint density at radius 2 is 1.93 bits per heavy atom. The summed E-state index contributed by atoms with van der Waals surface area (Å²) in [4.78, 5) is 16.5. The summed E-state index contributed by atoms with van der Waals surface area (Å²) in [5, 5.41) is 2.69. The van der Waals surface area contributed by atoms with Gasteiger partial charge in [-0.15, -0.1) is 0 Å². The van der Waals surface area contributed by atoms with Gasteiger partial charge < -0.3 is 9.73 Å². The number of aromatic nitrogens is 1. The Bertz CT molecular complexity index is 1130. The summed E-state index contributed by atoms with van der Waals surface area (Å²) in [5.41, 5.74) is 1.38. The van der Waals surface area contributed by atoms with Gasteiger partial charge in [0, 0.05) is 24.6 Å². The summed E-state index contributed by atoms with van der Waals surface area (Å²) in [6.07, 6.45) is 5.96. The van der Waals surface area contributed by atoms with E-state index >= 15 is 0 Å². The molecule has 4 rings (SSSR count). The lowest BCUT2D eigenvalue weighted by Crippen LogP contribution is -2.38. The Kier molecular flexibility index (Phi) is 6.03. The molecule has 0 bridgehead atoms. The van der Waals surface area contributed by atoms with Crippen LogP contribution in [-0.4, -0.2) is 30.2 Å². The number of pyridine rings is 1. The first-order chi connectivity index (χ1) is 14.4. The number of carbonyl (C=O) groups is 1. The predicted octanol–water partition coefficient (Wildman–Crippen LogP) is 4.61. The zero-order valence-corrected chi connectivity index (χ0v) is 18.4.